The molecule has 3 aromatic rings. The molecule has 3 rings (SSSR count). The lowest BCUT2D eigenvalue weighted by Gasteiger charge is -2.12. The summed E-state index contributed by atoms with van der Waals surface area (Å²) in [6, 6.07) is 16.1. The number of aryl methyl sites for hydroxylation is 1. The lowest BCUT2D eigenvalue weighted by molar-refractivity contribution is 0.415. The normalized spacial score (nSPS) is 10.3. The summed E-state index contributed by atoms with van der Waals surface area (Å²) in [5.74, 6) is 0.735. The largest absolute Gasteiger partial charge is 0.497 e. The van der Waals surface area contributed by atoms with E-state index in [1.807, 2.05) is 30.3 Å². The molecule has 114 valence electrons. The van der Waals surface area contributed by atoms with Gasteiger partial charge in [0.25, 0.3) is 0 Å². The van der Waals surface area contributed by atoms with Gasteiger partial charge >= 0.3 is 0 Å². The molecular formula is C19H17N3O. The minimum atomic E-state index is 0.505. The number of benzene rings is 2. The first-order chi connectivity index (χ1) is 11.2. The first kappa shape index (κ1) is 14.9. The number of fused-ring (bicyclic) bond motifs is 1. The number of aromatic nitrogens is 1. The topological polar surface area (TPSA) is 57.9 Å². The van der Waals surface area contributed by atoms with Crippen molar-refractivity contribution in [2.24, 2.45) is 0 Å². The number of ether oxygens (including phenoxy) is 1. The highest BCUT2D eigenvalue weighted by Crippen LogP contribution is 2.31. The van der Waals surface area contributed by atoms with Crippen LogP contribution in [0.3, 0.4) is 0 Å². The van der Waals surface area contributed by atoms with Crippen molar-refractivity contribution in [1.29, 1.82) is 5.26 Å². The molecule has 0 aliphatic rings. The fourth-order valence-corrected chi connectivity index (χ4v) is 2.49. The molecule has 0 saturated heterocycles. The molecule has 0 fully saturated rings. The molecule has 4 nitrogen and oxygen atoms in total. The summed E-state index contributed by atoms with van der Waals surface area (Å²) in [7, 11) is 1.62. The third-order valence-electron chi connectivity index (χ3n) is 3.83. The molecule has 0 bridgehead atoms. The average Bonchev–Trinajstić information content (AvgIpc) is 2.62. The van der Waals surface area contributed by atoms with Crippen molar-refractivity contribution < 1.29 is 4.74 Å². The molecule has 1 aromatic heterocycles. The van der Waals surface area contributed by atoms with Crippen LogP contribution in [0.1, 0.15) is 18.1 Å². The molecule has 1 heterocycles. The van der Waals surface area contributed by atoms with Gasteiger partial charge in [0.05, 0.1) is 23.9 Å². The number of pyridine rings is 1. The van der Waals surface area contributed by atoms with E-state index in [-0.39, 0.29) is 0 Å². The van der Waals surface area contributed by atoms with Crippen LogP contribution in [0, 0.1) is 11.3 Å². The van der Waals surface area contributed by atoms with E-state index in [1.165, 1.54) is 5.56 Å². The van der Waals surface area contributed by atoms with Gasteiger partial charge in [-0.15, -0.1) is 0 Å². The molecule has 4 heteroatoms. The van der Waals surface area contributed by atoms with Crippen LogP contribution in [-0.2, 0) is 6.42 Å². The fourth-order valence-electron chi connectivity index (χ4n) is 2.49. The molecule has 0 aliphatic carbocycles. The maximum absolute atomic E-state index is 9.40. The van der Waals surface area contributed by atoms with E-state index in [1.54, 1.807) is 13.3 Å². The first-order valence-corrected chi connectivity index (χ1v) is 7.48. The molecule has 0 amide bonds. The van der Waals surface area contributed by atoms with Crippen molar-refractivity contribution in [3.05, 3.63) is 59.8 Å². The van der Waals surface area contributed by atoms with Gasteiger partial charge < -0.3 is 10.1 Å². The maximum Gasteiger partial charge on any atom is 0.119 e. The number of nitrogens with one attached hydrogen (secondary N) is 1. The summed E-state index contributed by atoms with van der Waals surface area (Å²) in [5.41, 5.74) is 4.29. The van der Waals surface area contributed by atoms with E-state index in [9.17, 15) is 5.26 Å². The molecule has 0 saturated carbocycles. The summed E-state index contributed by atoms with van der Waals surface area (Å²) in [5, 5.41) is 13.6. The van der Waals surface area contributed by atoms with Crippen molar-refractivity contribution in [3.63, 3.8) is 0 Å². The molecule has 0 spiro atoms. The van der Waals surface area contributed by atoms with E-state index < -0.39 is 0 Å². The van der Waals surface area contributed by atoms with E-state index >= 15 is 0 Å². The van der Waals surface area contributed by atoms with Gasteiger partial charge in [-0.1, -0.05) is 19.1 Å². The quantitative estimate of drug-likeness (QED) is 0.775. The van der Waals surface area contributed by atoms with E-state index in [0.717, 1.165) is 34.4 Å². The Morgan fingerprint density at radius 1 is 1.17 bits per heavy atom. The zero-order valence-electron chi connectivity index (χ0n) is 13.1. The van der Waals surface area contributed by atoms with Crippen LogP contribution < -0.4 is 10.1 Å². The Balaban J connectivity index is 2.11. The summed E-state index contributed by atoms with van der Waals surface area (Å²) < 4.78 is 5.29. The van der Waals surface area contributed by atoms with Gasteiger partial charge in [-0.05, 0) is 42.3 Å². The van der Waals surface area contributed by atoms with Gasteiger partial charge in [0.2, 0.25) is 0 Å². The van der Waals surface area contributed by atoms with Crippen molar-refractivity contribution in [1.82, 2.24) is 4.98 Å². The zero-order valence-corrected chi connectivity index (χ0v) is 13.1. The molecular weight excluding hydrogens is 286 g/mol. The summed E-state index contributed by atoms with van der Waals surface area (Å²) in [4.78, 5) is 4.34. The van der Waals surface area contributed by atoms with Gasteiger partial charge in [-0.25, -0.2) is 0 Å². The highest BCUT2D eigenvalue weighted by Gasteiger charge is 2.10. The summed E-state index contributed by atoms with van der Waals surface area (Å²) in [6.45, 7) is 2.12. The number of methoxy groups -OCH3 is 1. The van der Waals surface area contributed by atoms with Crippen LogP contribution in [-0.4, -0.2) is 12.1 Å². The van der Waals surface area contributed by atoms with Crippen molar-refractivity contribution in [2.75, 3.05) is 12.4 Å². The third kappa shape index (κ3) is 2.95. The molecule has 23 heavy (non-hydrogen) atoms. The van der Waals surface area contributed by atoms with Crippen LogP contribution in [0.2, 0.25) is 0 Å². The Morgan fingerprint density at radius 3 is 2.61 bits per heavy atom. The van der Waals surface area contributed by atoms with E-state index in [2.05, 4.69) is 35.4 Å². The lowest BCUT2D eigenvalue weighted by Crippen LogP contribution is -1.97. The monoisotopic (exact) mass is 303 g/mol. The van der Waals surface area contributed by atoms with Gasteiger partial charge in [0.15, 0.2) is 0 Å². The predicted molar refractivity (Wildman–Crippen MR) is 92.1 cm³/mol. The lowest BCUT2D eigenvalue weighted by atomic mass is 10.1. The Hall–Kier alpha value is -3.06. The van der Waals surface area contributed by atoms with Gasteiger partial charge in [-0.2, -0.15) is 5.26 Å². The van der Waals surface area contributed by atoms with Crippen LogP contribution in [0.25, 0.3) is 10.9 Å². The second-order valence-corrected chi connectivity index (χ2v) is 5.22. The van der Waals surface area contributed by atoms with Crippen LogP contribution in [0.15, 0.2) is 48.7 Å². The number of anilines is 2. The molecule has 0 atom stereocenters. The highest BCUT2D eigenvalue weighted by molar-refractivity contribution is 5.96. The standard InChI is InChI=1S/C19H17N3O/c1-3-13-4-6-15(7-5-13)22-19-14(11-20)12-21-18-9-8-16(23-2)10-17(18)19/h4-10,12H,3H2,1-2H3,(H,21,22). The summed E-state index contributed by atoms with van der Waals surface area (Å²) in [6.07, 6.45) is 2.59. The second-order valence-electron chi connectivity index (χ2n) is 5.22. The second kappa shape index (κ2) is 6.37. The van der Waals surface area contributed by atoms with Crippen molar-refractivity contribution >= 4 is 22.3 Å². The molecule has 0 radical (unpaired) electrons. The van der Waals surface area contributed by atoms with Crippen molar-refractivity contribution in [3.8, 4) is 11.8 Å². The Morgan fingerprint density at radius 2 is 1.96 bits per heavy atom. The maximum atomic E-state index is 9.40. The van der Waals surface area contributed by atoms with E-state index in [0.29, 0.717) is 5.56 Å². The SMILES string of the molecule is CCc1ccc(Nc2c(C#N)cnc3ccc(OC)cc23)cc1. The Kier molecular flexibility index (Phi) is 4.11. The first-order valence-electron chi connectivity index (χ1n) is 7.48. The van der Waals surface area contributed by atoms with Gasteiger partial charge in [-0.3, -0.25) is 4.98 Å². The Labute approximate surface area is 135 Å². The molecule has 2 aromatic carbocycles. The average molecular weight is 303 g/mol. The minimum Gasteiger partial charge on any atom is -0.497 e. The zero-order chi connectivity index (χ0) is 16.2. The molecule has 1 N–H and O–H groups in total. The minimum absolute atomic E-state index is 0.505. The van der Waals surface area contributed by atoms with Crippen LogP contribution >= 0.6 is 0 Å². The number of hydrogen-bond acceptors (Lipinski definition) is 4. The number of nitrogens with zero attached hydrogens (tertiary/aromatic N) is 2. The fraction of sp³-hybridized carbons (Fsp3) is 0.158. The van der Waals surface area contributed by atoms with Crippen molar-refractivity contribution in [2.45, 2.75) is 13.3 Å². The molecule has 0 aliphatic heterocycles. The van der Waals surface area contributed by atoms with Crippen LogP contribution in [0.4, 0.5) is 11.4 Å². The third-order valence-corrected chi connectivity index (χ3v) is 3.83. The Bertz CT molecular complexity index is 879. The summed E-state index contributed by atoms with van der Waals surface area (Å²) >= 11 is 0. The van der Waals surface area contributed by atoms with E-state index in [4.69, 9.17) is 4.74 Å². The highest BCUT2D eigenvalue weighted by atomic mass is 16.5. The molecule has 0 unspecified atom stereocenters. The number of rotatable bonds is 4. The smallest absolute Gasteiger partial charge is 0.119 e. The predicted octanol–water partition coefficient (Wildman–Crippen LogP) is 4.42. The van der Waals surface area contributed by atoms with Gasteiger partial charge in [0, 0.05) is 17.3 Å². The van der Waals surface area contributed by atoms with Gasteiger partial charge in [0.1, 0.15) is 11.8 Å². The number of nitriles is 1. The number of hydrogen-bond donors (Lipinski definition) is 1. The van der Waals surface area contributed by atoms with Crippen LogP contribution in [0.5, 0.6) is 5.75 Å².